The molecule has 0 amide bonds. The molecule has 0 N–H and O–H groups in total. The van der Waals surface area contributed by atoms with Gasteiger partial charge in [-0.2, -0.15) is 0 Å². The van der Waals surface area contributed by atoms with Gasteiger partial charge in [0.15, 0.2) is 5.78 Å². The molecule has 0 aliphatic rings. The van der Waals surface area contributed by atoms with Crippen LogP contribution in [0.25, 0.3) is 10.9 Å². The maximum absolute atomic E-state index is 11.9. The third-order valence-electron chi connectivity index (χ3n) is 3.73. The fraction of sp³-hybridized carbons (Fsp3) is 0.471. The van der Waals surface area contributed by atoms with Crippen molar-refractivity contribution in [3.8, 4) is 5.75 Å². The molecule has 4 heteroatoms. The number of carbonyl (C=O) groups is 1. The van der Waals surface area contributed by atoms with Crippen LogP contribution in [0.4, 0.5) is 0 Å². The first kappa shape index (κ1) is 15.6. The van der Waals surface area contributed by atoms with Crippen molar-refractivity contribution in [2.45, 2.75) is 33.2 Å². The van der Waals surface area contributed by atoms with Gasteiger partial charge >= 0.3 is 0 Å². The van der Waals surface area contributed by atoms with Crippen molar-refractivity contribution >= 4 is 16.7 Å². The smallest absolute Gasteiger partial charge is 0.176 e. The summed E-state index contributed by atoms with van der Waals surface area (Å²) in [6.07, 6.45) is 0. The second-order valence-corrected chi connectivity index (χ2v) is 5.54. The van der Waals surface area contributed by atoms with Gasteiger partial charge in [-0.1, -0.05) is 13.8 Å². The van der Waals surface area contributed by atoms with Gasteiger partial charge in [0.1, 0.15) is 5.75 Å². The largest absolute Gasteiger partial charge is 0.497 e. The lowest BCUT2D eigenvalue weighted by Gasteiger charge is -2.15. The zero-order valence-electron chi connectivity index (χ0n) is 13.4. The average molecular weight is 289 g/mol. The summed E-state index contributed by atoms with van der Waals surface area (Å²) >= 11 is 0. The highest BCUT2D eigenvalue weighted by molar-refractivity contribution is 6.00. The number of hydrogen-bond donors (Lipinski definition) is 0. The van der Waals surface area contributed by atoms with Crippen molar-refractivity contribution in [2.75, 3.05) is 20.8 Å². The highest BCUT2D eigenvalue weighted by atomic mass is 16.5. The van der Waals surface area contributed by atoms with Crippen molar-refractivity contribution in [1.82, 2.24) is 4.57 Å². The number of rotatable bonds is 6. The molecule has 1 aromatic heterocycles. The van der Waals surface area contributed by atoms with Gasteiger partial charge in [-0.3, -0.25) is 4.79 Å². The molecule has 2 rings (SSSR count). The maximum atomic E-state index is 11.9. The molecule has 0 saturated heterocycles. The molecule has 0 spiro atoms. The number of fused-ring (bicyclic) bond motifs is 1. The summed E-state index contributed by atoms with van der Waals surface area (Å²) in [6.45, 7) is 7.14. The van der Waals surface area contributed by atoms with Crippen molar-refractivity contribution < 1.29 is 14.3 Å². The molecule has 21 heavy (non-hydrogen) atoms. The van der Waals surface area contributed by atoms with Crippen molar-refractivity contribution in [3.63, 3.8) is 0 Å². The summed E-state index contributed by atoms with van der Waals surface area (Å²) in [5, 5.41) is 1.04. The van der Waals surface area contributed by atoms with Crippen LogP contribution >= 0.6 is 0 Å². The summed E-state index contributed by atoms with van der Waals surface area (Å²) in [5.74, 6) is 1.24. The average Bonchev–Trinajstić information content (AvgIpc) is 2.82. The first-order chi connectivity index (χ1) is 9.99. The maximum Gasteiger partial charge on any atom is 0.176 e. The number of carbonyl (C=O) groups excluding carboxylic acids is 1. The molecule has 4 nitrogen and oxygen atoms in total. The quantitative estimate of drug-likeness (QED) is 0.763. The summed E-state index contributed by atoms with van der Waals surface area (Å²) in [4.78, 5) is 11.9. The summed E-state index contributed by atoms with van der Waals surface area (Å²) in [5.41, 5.74) is 3.01. The molecule has 0 saturated carbocycles. The highest BCUT2D eigenvalue weighted by Crippen LogP contribution is 2.33. The van der Waals surface area contributed by atoms with E-state index < -0.39 is 0 Å². The van der Waals surface area contributed by atoms with E-state index in [1.807, 2.05) is 12.1 Å². The molecule has 114 valence electrons. The van der Waals surface area contributed by atoms with Crippen molar-refractivity contribution in [1.29, 1.82) is 0 Å². The fourth-order valence-electron chi connectivity index (χ4n) is 2.68. The lowest BCUT2D eigenvalue weighted by molar-refractivity contribution is 0.100. The topological polar surface area (TPSA) is 40.5 Å². The van der Waals surface area contributed by atoms with E-state index in [4.69, 9.17) is 9.47 Å². The van der Waals surface area contributed by atoms with Crippen LogP contribution in [-0.4, -0.2) is 31.2 Å². The van der Waals surface area contributed by atoms with E-state index in [9.17, 15) is 4.79 Å². The van der Waals surface area contributed by atoms with E-state index in [0.717, 1.165) is 22.3 Å². The van der Waals surface area contributed by atoms with Gasteiger partial charge < -0.3 is 14.0 Å². The molecule has 0 aliphatic carbocycles. The third-order valence-corrected chi connectivity index (χ3v) is 3.73. The Bertz CT molecular complexity index is 656. The Kier molecular flexibility index (Phi) is 4.68. The van der Waals surface area contributed by atoms with Crippen molar-refractivity contribution in [2.24, 2.45) is 0 Å². The van der Waals surface area contributed by atoms with E-state index in [-0.39, 0.29) is 5.78 Å². The minimum Gasteiger partial charge on any atom is -0.497 e. The molecule has 0 radical (unpaired) electrons. The fourth-order valence-corrected chi connectivity index (χ4v) is 2.68. The Morgan fingerprint density at radius 3 is 2.48 bits per heavy atom. The van der Waals surface area contributed by atoms with Crippen molar-refractivity contribution in [3.05, 3.63) is 29.5 Å². The van der Waals surface area contributed by atoms with Crippen LogP contribution in [0.5, 0.6) is 5.75 Å². The van der Waals surface area contributed by atoms with Crippen LogP contribution in [0.1, 0.15) is 42.7 Å². The van der Waals surface area contributed by atoms with Crippen LogP contribution in [0.2, 0.25) is 0 Å². The second-order valence-electron chi connectivity index (χ2n) is 5.54. The summed E-state index contributed by atoms with van der Waals surface area (Å²) in [6, 6.07) is 5.99. The molecule has 0 bridgehead atoms. The van der Waals surface area contributed by atoms with E-state index >= 15 is 0 Å². The number of hydrogen-bond acceptors (Lipinski definition) is 3. The summed E-state index contributed by atoms with van der Waals surface area (Å²) in [7, 11) is 3.34. The molecule has 0 unspecified atom stereocenters. The van der Waals surface area contributed by atoms with Crippen LogP contribution in [-0.2, 0) is 11.3 Å². The number of ether oxygens (including phenoxy) is 2. The van der Waals surface area contributed by atoms with Gasteiger partial charge in [-0.05, 0) is 29.7 Å². The molecule has 2 aromatic rings. The number of nitrogens with zero attached hydrogens (tertiary/aromatic N) is 1. The first-order valence-corrected chi connectivity index (χ1v) is 7.20. The molecule has 0 atom stereocenters. The monoisotopic (exact) mass is 289 g/mol. The Hall–Kier alpha value is -1.81. The van der Waals surface area contributed by atoms with Crippen LogP contribution in [0.3, 0.4) is 0 Å². The number of ketones is 1. The Morgan fingerprint density at radius 1 is 1.24 bits per heavy atom. The summed E-state index contributed by atoms with van der Waals surface area (Å²) < 4.78 is 12.6. The van der Waals surface area contributed by atoms with Crippen LogP contribution in [0, 0.1) is 0 Å². The standard InChI is InChI=1S/C17H23NO3/c1-11(2)15-10-14(21-5)8-13-9-16(12(3)19)18(17(13)15)6-7-20-4/h8-11H,6-7H2,1-5H3. The molecular weight excluding hydrogens is 266 g/mol. The zero-order chi connectivity index (χ0) is 15.6. The van der Waals surface area contributed by atoms with Crippen LogP contribution in [0.15, 0.2) is 18.2 Å². The Labute approximate surface area is 125 Å². The normalized spacial score (nSPS) is 11.3. The number of Topliss-reactive ketones (excluding diaryl/α,β-unsaturated/α-hetero) is 1. The van der Waals surface area contributed by atoms with Gasteiger partial charge in [0.05, 0.1) is 24.9 Å². The van der Waals surface area contributed by atoms with Gasteiger partial charge in [0.2, 0.25) is 0 Å². The van der Waals surface area contributed by atoms with E-state index in [0.29, 0.717) is 19.1 Å². The van der Waals surface area contributed by atoms with E-state index in [1.165, 1.54) is 5.56 Å². The third kappa shape index (κ3) is 2.95. The van der Waals surface area contributed by atoms with E-state index in [2.05, 4.69) is 24.5 Å². The van der Waals surface area contributed by atoms with Gasteiger partial charge in [0.25, 0.3) is 0 Å². The lowest BCUT2D eigenvalue weighted by atomic mass is 10.00. The van der Waals surface area contributed by atoms with Gasteiger partial charge in [-0.25, -0.2) is 0 Å². The van der Waals surface area contributed by atoms with E-state index in [1.54, 1.807) is 21.1 Å². The predicted octanol–water partition coefficient (Wildman–Crippen LogP) is 3.62. The first-order valence-electron chi connectivity index (χ1n) is 7.20. The van der Waals surface area contributed by atoms with Gasteiger partial charge in [0, 0.05) is 26.0 Å². The highest BCUT2D eigenvalue weighted by Gasteiger charge is 2.18. The number of methoxy groups -OCH3 is 2. The Morgan fingerprint density at radius 2 is 1.95 bits per heavy atom. The molecule has 1 aromatic carbocycles. The minimum absolute atomic E-state index is 0.0657. The number of benzene rings is 1. The van der Waals surface area contributed by atoms with Crippen LogP contribution < -0.4 is 4.74 Å². The minimum atomic E-state index is 0.0657. The lowest BCUT2D eigenvalue weighted by Crippen LogP contribution is -2.11. The SMILES string of the molecule is COCCn1c(C(C)=O)cc2cc(OC)cc(C(C)C)c21. The number of aromatic nitrogens is 1. The predicted molar refractivity (Wildman–Crippen MR) is 84.5 cm³/mol. The molecule has 1 heterocycles. The molecule has 0 fully saturated rings. The molecular formula is C17H23NO3. The second kappa shape index (κ2) is 6.31. The zero-order valence-corrected chi connectivity index (χ0v) is 13.4. The molecule has 0 aliphatic heterocycles. The Balaban J connectivity index is 2.75. The van der Waals surface area contributed by atoms with Gasteiger partial charge in [-0.15, -0.1) is 0 Å².